The van der Waals surface area contributed by atoms with Crippen molar-refractivity contribution in [1.29, 1.82) is 0 Å². The highest BCUT2D eigenvalue weighted by Crippen LogP contribution is 2.21. The smallest absolute Gasteiger partial charge is 0.276 e. The van der Waals surface area contributed by atoms with Gasteiger partial charge in [0, 0.05) is 25.3 Å². The van der Waals surface area contributed by atoms with Crippen LogP contribution in [0.25, 0.3) is 0 Å². The Morgan fingerprint density at radius 1 is 1.24 bits per heavy atom. The zero-order valence-electron chi connectivity index (χ0n) is 15.8. The molecule has 8 nitrogen and oxygen atoms in total. The molecule has 0 radical (unpaired) electrons. The number of carbonyl (C=O) groups excluding carboxylic acids is 1. The van der Waals surface area contributed by atoms with Crippen LogP contribution in [-0.4, -0.2) is 43.9 Å². The molecule has 0 atom stereocenters. The highest BCUT2D eigenvalue weighted by atomic mass is 35.5. The lowest BCUT2D eigenvalue weighted by Crippen LogP contribution is -2.25. The summed E-state index contributed by atoms with van der Waals surface area (Å²) < 4.78 is 26.3. The molecule has 1 aromatic carbocycles. The standard InChI is InChI=1S/C19H22ClN5O3S/c1-2-9-22-29(27,28)13-14-5-7-15(8-6-14)23-18(26)17-16(20)12-21-19(24-17)25-10-3-4-11-25/h2,5-8,12,22H,1,3-4,9-11,13H2,(H,23,26). The van der Waals surface area contributed by atoms with E-state index >= 15 is 0 Å². The summed E-state index contributed by atoms with van der Waals surface area (Å²) in [5.74, 6) is -0.123. The van der Waals surface area contributed by atoms with Gasteiger partial charge in [0.1, 0.15) is 0 Å². The van der Waals surface area contributed by atoms with Gasteiger partial charge < -0.3 is 10.2 Å². The van der Waals surface area contributed by atoms with E-state index in [1.807, 2.05) is 4.90 Å². The number of aromatic nitrogens is 2. The maximum absolute atomic E-state index is 12.6. The van der Waals surface area contributed by atoms with Crippen LogP contribution in [0, 0.1) is 0 Å². The number of carbonyl (C=O) groups is 1. The number of halogens is 1. The molecule has 0 spiro atoms. The average Bonchev–Trinajstić information content (AvgIpc) is 3.23. The minimum Gasteiger partial charge on any atom is -0.341 e. The normalized spacial score (nSPS) is 14.0. The summed E-state index contributed by atoms with van der Waals surface area (Å²) in [7, 11) is -3.44. The minimum atomic E-state index is -3.44. The molecule has 0 bridgehead atoms. The zero-order chi connectivity index (χ0) is 20.9. The summed E-state index contributed by atoms with van der Waals surface area (Å²) >= 11 is 6.12. The quantitative estimate of drug-likeness (QED) is 0.617. The van der Waals surface area contributed by atoms with Gasteiger partial charge >= 0.3 is 0 Å². The Labute approximate surface area is 175 Å². The minimum absolute atomic E-state index is 0.101. The second kappa shape index (κ2) is 9.34. The van der Waals surface area contributed by atoms with E-state index < -0.39 is 15.9 Å². The third kappa shape index (κ3) is 5.75. The fraction of sp³-hybridized carbons (Fsp3) is 0.316. The molecule has 2 N–H and O–H groups in total. The number of hydrogen-bond donors (Lipinski definition) is 2. The molecular weight excluding hydrogens is 414 g/mol. The van der Waals surface area contributed by atoms with Crippen molar-refractivity contribution >= 4 is 39.2 Å². The van der Waals surface area contributed by atoms with Crippen molar-refractivity contribution in [3.05, 3.63) is 59.4 Å². The third-order valence-electron chi connectivity index (χ3n) is 4.35. The molecule has 1 aliphatic heterocycles. The second-order valence-electron chi connectivity index (χ2n) is 6.61. The Kier molecular flexibility index (Phi) is 6.83. The molecule has 2 heterocycles. The van der Waals surface area contributed by atoms with E-state index in [2.05, 4.69) is 26.6 Å². The van der Waals surface area contributed by atoms with Crippen LogP contribution in [0.4, 0.5) is 11.6 Å². The summed E-state index contributed by atoms with van der Waals surface area (Å²) in [4.78, 5) is 23.2. The van der Waals surface area contributed by atoms with Gasteiger partial charge in [0.05, 0.1) is 17.0 Å². The van der Waals surface area contributed by atoms with Crippen LogP contribution in [0.5, 0.6) is 0 Å². The predicted molar refractivity (Wildman–Crippen MR) is 114 cm³/mol. The fourth-order valence-corrected chi connectivity index (χ4v) is 4.20. The molecule has 3 rings (SSSR count). The molecule has 0 saturated carbocycles. The number of amides is 1. The van der Waals surface area contributed by atoms with Gasteiger partial charge in [-0.15, -0.1) is 6.58 Å². The van der Waals surface area contributed by atoms with E-state index in [-0.39, 0.29) is 23.0 Å². The van der Waals surface area contributed by atoms with E-state index in [1.165, 1.54) is 12.3 Å². The summed E-state index contributed by atoms with van der Waals surface area (Å²) in [6.07, 6.45) is 5.04. The van der Waals surface area contributed by atoms with Crippen molar-refractivity contribution in [3.63, 3.8) is 0 Å². The second-order valence-corrected chi connectivity index (χ2v) is 8.82. The van der Waals surface area contributed by atoms with Gasteiger partial charge in [-0.1, -0.05) is 29.8 Å². The molecule has 10 heteroatoms. The maximum atomic E-state index is 12.6. The lowest BCUT2D eigenvalue weighted by atomic mass is 10.2. The van der Waals surface area contributed by atoms with E-state index in [0.29, 0.717) is 17.2 Å². The van der Waals surface area contributed by atoms with Crippen LogP contribution in [0.15, 0.2) is 43.1 Å². The van der Waals surface area contributed by atoms with Gasteiger partial charge in [0.2, 0.25) is 16.0 Å². The Balaban J connectivity index is 1.68. The maximum Gasteiger partial charge on any atom is 0.276 e. The highest BCUT2D eigenvalue weighted by Gasteiger charge is 2.20. The van der Waals surface area contributed by atoms with Gasteiger partial charge in [-0.05, 0) is 30.5 Å². The topological polar surface area (TPSA) is 104 Å². The Hall–Kier alpha value is -2.49. The third-order valence-corrected chi connectivity index (χ3v) is 5.95. The molecule has 1 saturated heterocycles. The molecule has 29 heavy (non-hydrogen) atoms. The van der Waals surface area contributed by atoms with Crippen LogP contribution >= 0.6 is 11.6 Å². The first-order chi connectivity index (χ1) is 13.9. The van der Waals surface area contributed by atoms with Gasteiger partial charge in [-0.25, -0.2) is 23.1 Å². The first-order valence-electron chi connectivity index (χ1n) is 9.14. The van der Waals surface area contributed by atoms with Crippen molar-refractivity contribution in [2.24, 2.45) is 0 Å². The summed E-state index contributed by atoms with van der Waals surface area (Å²) in [5, 5.41) is 2.90. The van der Waals surface area contributed by atoms with Crippen LogP contribution in [0.2, 0.25) is 5.02 Å². The van der Waals surface area contributed by atoms with Crippen molar-refractivity contribution in [2.45, 2.75) is 18.6 Å². The Morgan fingerprint density at radius 2 is 1.93 bits per heavy atom. The zero-order valence-corrected chi connectivity index (χ0v) is 17.3. The van der Waals surface area contributed by atoms with Gasteiger partial charge in [0.25, 0.3) is 5.91 Å². The average molecular weight is 436 g/mol. The lowest BCUT2D eigenvalue weighted by molar-refractivity contribution is 0.102. The monoisotopic (exact) mass is 435 g/mol. The molecule has 154 valence electrons. The number of hydrogen-bond acceptors (Lipinski definition) is 6. The van der Waals surface area contributed by atoms with Gasteiger partial charge in [0.15, 0.2) is 5.69 Å². The SMILES string of the molecule is C=CCNS(=O)(=O)Cc1ccc(NC(=O)c2nc(N3CCCC3)ncc2Cl)cc1. The molecule has 0 unspecified atom stereocenters. The first kappa shape index (κ1) is 21.2. The van der Waals surface area contributed by atoms with Crippen molar-refractivity contribution in [2.75, 3.05) is 29.9 Å². The molecule has 2 aromatic rings. The van der Waals surface area contributed by atoms with Crippen LogP contribution in [0.1, 0.15) is 28.9 Å². The Bertz CT molecular complexity index is 989. The fourth-order valence-electron chi connectivity index (χ4n) is 2.92. The van der Waals surface area contributed by atoms with Crippen LogP contribution in [-0.2, 0) is 15.8 Å². The van der Waals surface area contributed by atoms with E-state index in [9.17, 15) is 13.2 Å². The van der Waals surface area contributed by atoms with Crippen molar-refractivity contribution in [1.82, 2.24) is 14.7 Å². The highest BCUT2D eigenvalue weighted by molar-refractivity contribution is 7.88. The number of rotatable bonds is 8. The van der Waals surface area contributed by atoms with Crippen LogP contribution in [0.3, 0.4) is 0 Å². The predicted octanol–water partition coefficient (Wildman–Crippen LogP) is 2.59. The van der Waals surface area contributed by atoms with Crippen molar-refractivity contribution < 1.29 is 13.2 Å². The molecule has 1 amide bonds. The molecule has 0 aliphatic carbocycles. The number of nitrogens with zero attached hydrogens (tertiary/aromatic N) is 3. The van der Waals surface area contributed by atoms with E-state index in [4.69, 9.17) is 11.6 Å². The number of anilines is 2. The van der Waals surface area contributed by atoms with Crippen LogP contribution < -0.4 is 14.9 Å². The summed E-state index contributed by atoms with van der Waals surface area (Å²) in [6, 6.07) is 6.54. The number of benzene rings is 1. The summed E-state index contributed by atoms with van der Waals surface area (Å²) in [5.41, 5.74) is 1.20. The molecular formula is C19H22ClN5O3S. The van der Waals surface area contributed by atoms with E-state index in [1.54, 1.807) is 24.3 Å². The molecule has 1 aliphatic rings. The van der Waals surface area contributed by atoms with E-state index in [0.717, 1.165) is 25.9 Å². The van der Waals surface area contributed by atoms with Gasteiger partial charge in [-0.3, -0.25) is 4.79 Å². The lowest BCUT2D eigenvalue weighted by Gasteiger charge is -2.16. The number of sulfonamides is 1. The molecule has 1 fully saturated rings. The van der Waals surface area contributed by atoms with Crippen molar-refractivity contribution in [3.8, 4) is 0 Å². The largest absolute Gasteiger partial charge is 0.341 e. The molecule has 1 aromatic heterocycles. The number of nitrogens with one attached hydrogen (secondary N) is 2. The summed E-state index contributed by atoms with van der Waals surface area (Å²) in [6.45, 7) is 5.37. The Morgan fingerprint density at radius 3 is 2.59 bits per heavy atom. The first-order valence-corrected chi connectivity index (χ1v) is 11.2. The van der Waals surface area contributed by atoms with Gasteiger partial charge in [-0.2, -0.15) is 0 Å².